The first-order valence-corrected chi connectivity index (χ1v) is 7.95. The lowest BCUT2D eigenvalue weighted by Gasteiger charge is -2.17. The molecule has 1 amide bonds. The molecule has 1 aliphatic rings. The van der Waals surface area contributed by atoms with E-state index in [0.29, 0.717) is 16.3 Å². The number of carbonyl (C=O) groups is 2. The number of nitrogens with one attached hydrogen (secondary N) is 2. The van der Waals surface area contributed by atoms with Crippen molar-refractivity contribution in [3.63, 3.8) is 0 Å². The van der Waals surface area contributed by atoms with E-state index in [0.717, 1.165) is 25.7 Å². The quantitative estimate of drug-likeness (QED) is 0.814. The molecule has 1 heterocycles. The van der Waals surface area contributed by atoms with Gasteiger partial charge in [0.15, 0.2) is 6.10 Å². The molecule has 116 valence electrons. The van der Waals surface area contributed by atoms with Gasteiger partial charge in [0.25, 0.3) is 5.91 Å². The summed E-state index contributed by atoms with van der Waals surface area (Å²) in [5, 5.41) is 6.49. The van der Waals surface area contributed by atoms with Crippen LogP contribution in [-0.2, 0) is 9.53 Å². The molecule has 0 bridgehead atoms. The number of rotatable bonds is 5. The van der Waals surface area contributed by atoms with Crippen LogP contribution in [0.2, 0.25) is 0 Å². The van der Waals surface area contributed by atoms with Crippen LogP contribution >= 0.6 is 11.5 Å². The highest BCUT2D eigenvalue weighted by Crippen LogP contribution is 2.25. The van der Waals surface area contributed by atoms with E-state index in [4.69, 9.17) is 4.74 Å². The second-order valence-electron chi connectivity index (χ2n) is 5.26. The molecule has 1 aromatic heterocycles. The number of anilines is 1. The van der Waals surface area contributed by atoms with Crippen molar-refractivity contribution < 1.29 is 14.3 Å². The maximum Gasteiger partial charge on any atom is 0.343 e. The largest absolute Gasteiger partial charge is 0.449 e. The van der Waals surface area contributed by atoms with Gasteiger partial charge in [-0.15, -0.1) is 0 Å². The number of aryl methyl sites for hydroxylation is 1. The van der Waals surface area contributed by atoms with Crippen LogP contribution in [0.4, 0.5) is 5.00 Å². The number of esters is 1. The monoisotopic (exact) mass is 311 g/mol. The molecule has 7 heteroatoms. The topological polar surface area (TPSA) is 80.3 Å². The summed E-state index contributed by atoms with van der Waals surface area (Å²) in [5.41, 5.74) is 1.01. The van der Waals surface area contributed by atoms with Gasteiger partial charge in [0.1, 0.15) is 10.6 Å². The molecule has 1 aliphatic carbocycles. The molecule has 0 aromatic carbocycles. The maximum atomic E-state index is 12.2. The van der Waals surface area contributed by atoms with Crippen molar-refractivity contribution >= 4 is 28.4 Å². The molecule has 1 unspecified atom stereocenters. The van der Waals surface area contributed by atoms with Gasteiger partial charge in [-0.1, -0.05) is 12.8 Å². The van der Waals surface area contributed by atoms with Crippen molar-refractivity contribution in [2.45, 2.75) is 51.7 Å². The predicted molar refractivity (Wildman–Crippen MR) is 81.7 cm³/mol. The Morgan fingerprint density at radius 1 is 1.38 bits per heavy atom. The summed E-state index contributed by atoms with van der Waals surface area (Å²) in [6, 6.07) is 0.219. The lowest BCUT2D eigenvalue weighted by Crippen LogP contribution is -2.40. The van der Waals surface area contributed by atoms with E-state index in [2.05, 4.69) is 15.0 Å². The molecule has 1 fully saturated rings. The maximum absolute atomic E-state index is 12.2. The zero-order valence-corrected chi connectivity index (χ0v) is 13.4. The van der Waals surface area contributed by atoms with E-state index in [-0.39, 0.29) is 11.9 Å². The van der Waals surface area contributed by atoms with Crippen molar-refractivity contribution in [3.05, 3.63) is 11.3 Å². The molecular weight excluding hydrogens is 290 g/mol. The zero-order valence-electron chi connectivity index (χ0n) is 12.6. The second-order valence-corrected chi connectivity index (χ2v) is 6.03. The number of amides is 1. The third kappa shape index (κ3) is 3.72. The van der Waals surface area contributed by atoms with Gasteiger partial charge in [-0.25, -0.2) is 4.79 Å². The van der Waals surface area contributed by atoms with Gasteiger partial charge in [-0.3, -0.25) is 4.79 Å². The van der Waals surface area contributed by atoms with Crippen LogP contribution in [0, 0.1) is 6.92 Å². The lowest BCUT2D eigenvalue weighted by molar-refractivity contribution is -0.129. The predicted octanol–water partition coefficient (Wildman–Crippen LogP) is 2.10. The van der Waals surface area contributed by atoms with E-state index in [9.17, 15) is 9.59 Å². The minimum atomic E-state index is -0.804. The van der Waals surface area contributed by atoms with Crippen molar-refractivity contribution in [2.75, 3.05) is 12.4 Å². The number of ether oxygens (including phenoxy) is 1. The van der Waals surface area contributed by atoms with Crippen LogP contribution in [0.5, 0.6) is 0 Å². The summed E-state index contributed by atoms with van der Waals surface area (Å²) in [6.07, 6.45) is 3.49. The van der Waals surface area contributed by atoms with E-state index >= 15 is 0 Å². The molecule has 0 radical (unpaired) electrons. The van der Waals surface area contributed by atoms with E-state index in [1.54, 1.807) is 20.9 Å². The number of nitrogens with zero attached hydrogens (tertiary/aromatic N) is 1. The molecule has 1 aromatic rings. The Balaban J connectivity index is 1.94. The molecule has 2 rings (SSSR count). The molecule has 21 heavy (non-hydrogen) atoms. The Labute approximate surface area is 128 Å². The van der Waals surface area contributed by atoms with Crippen molar-refractivity contribution in [1.82, 2.24) is 9.69 Å². The Morgan fingerprint density at radius 3 is 2.67 bits per heavy atom. The van der Waals surface area contributed by atoms with Crippen LogP contribution in [0.1, 0.15) is 48.7 Å². The Bertz CT molecular complexity index is 524. The van der Waals surface area contributed by atoms with Gasteiger partial charge >= 0.3 is 5.97 Å². The molecule has 6 nitrogen and oxygen atoms in total. The van der Waals surface area contributed by atoms with Crippen LogP contribution in [0.3, 0.4) is 0 Å². The van der Waals surface area contributed by atoms with Crippen molar-refractivity contribution in [1.29, 1.82) is 0 Å². The molecule has 1 atom stereocenters. The Morgan fingerprint density at radius 2 is 2.05 bits per heavy atom. The fourth-order valence-corrected chi connectivity index (χ4v) is 3.18. The molecule has 0 spiro atoms. The molecule has 1 saturated carbocycles. The fourth-order valence-electron chi connectivity index (χ4n) is 2.44. The molecule has 2 N–H and O–H groups in total. The van der Waals surface area contributed by atoms with Crippen molar-refractivity contribution in [2.24, 2.45) is 0 Å². The SMILES string of the molecule is CNc1snc(C)c1C(=O)OC(C)C(=O)NC1CCCC1. The first-order chi connectivity index (χ1) is 10.0. The summed E-state index contributed by atoms with van der Waals surface area (Å²) < 4.78 is 9.39. The zero-order chi connectivity index (χ0) is 15.4. The Hall–Kier alpha value is -1.63. The number of hydrogen-bond acceptors (Lipinski definition) is 6. The third-order valence-electron chi connectivity index (χ3n) is 3.65. The summed E-state index contributed by atoms with van der Waals surface area (Å²) >= 11 is 1.20. The van der Waals surface area contributed by atoms with E-state index < -0.39 is 12.1 Å². The molecule has 0 saturated heterocycles. The fraction of sp³-hybridized carbons (Fsp3) is 0.643. The van der Waals surface area contributed by atoms with Gasteiger partial charge in [0.2, 0.25) is 0 Å². The second kappa shape index (κ2) is 6.89. The van der Waals surface area contributed by atoms with Crippen molar-refractivity contribution in [3.8, 4) is 0 Å². The van der Waals surface area contributed by atoms with Crippen LogP contribution < -0.4 is 10.6 Å². The first kappa shape index (κ1) is 15.8. The van der Waals surface area contributed by atoms with Gasteiger partial charge in [0.05, 0.1) is 5.69 Å². The highest BCUT2D eigenvalue weighted by Gasteiger charge is 2.26. The summed E-state index contributed by atoms with van der Waals surface area (Å²) in [5.74, 6) is -0.748. The third-order valence-corrected chi connectivity index (χ3v) is 4.60. The summed E-state index contributed by atoms with van der Waals surface area (Å²) in [6.45, 7) is 3.34. The highest BCUT2D eigenvalue weighted by molar-refractivity contribution is 7.10. The smallest absolute Gasteiger partial charge is 0.343 e. The minimum absolute atomic E-state index is 0.219. The lowest BCUT2D eigenvalue weighted by atomic mass is 10.2. The molecular formula is C14H21N3O3S. The van der Waals surface area contributed by atoms with Gasteiger partial charge < -0.3 is 15.4 Å². The molecule has 0 aliphatic heterocycles. The summed E-state index contributed by atoms with van der Waals surface area (Å²) in [7, 11) is 1.72. The van der Waals surface area contributed by atoms with E-state index in [1.807, 2.05) is 0 Å². The highest BCUT2D eigenvalue weighted by atomic mass is 32.1. The average Bonchev–Trinajstić information content (AvgIpc) is 3.07. The van der Waals surface area contributed by atoms with E-state index in [1.165, 1.54) is 11.5 Å². The van der Waals surface area contributed by atoms with Crippen LogP contribution in [-0.4, -0.2) is 35.4 Å². The number of carbonyl (C=O) groups excluding carboxylic acids is 2. The standard InChI is InChI=1S/C14H21N3O3S/c1-8-11(13(15-3)21-17-8)14(19)20-9(2)12(18)16-10-6-4-5-7-10/h9-10,15H,4-7H2,1-3H3,(H,16,18). The van der Waals surface area contributed by atoms with Crippen LogP contribution in [0.15, 0.2) is 0 Å². The summed E-state index contributed by atoms with van der Waals surface area (Å²) in [4.78, 5) is 24.2. The number of hydrogen-bond donors (Lipinski definition) is 2. The number of aromatic nitrogens is 1. The first-order valence-electron chi connectivity index (χ1n) is 7.18. The van der Waals surface area contributed by atoms with Gasteiger partial charge in [0, 0.05) is 13.1 Å². The minimum Gasteiger partial charge on any atom is -0.449 e. The normalized spacial score (nSPS) is 16.5. The average molecular weight is 311 g/mol. The van der Waals surface area contributed by atoms with Crippen LogP contribution in [0.25, 0.3) is 0 Å². The Kier molecular flexibility index (Phi) is 5.17. The van der Waals surface area contributed by atoms with Gasteiger partial charge in [-0.05, 0) is 38.2 Å². The van der Waals surface area contributed by atoms with Gasteiger partial charge in [-0.2, -0.15) is 4.37 Å².